The fraction of sp³-hybridized carbons (Fsp3) is 0.524. The number of likely N-dealkylation sites (tertiary alicyclic amines) is 1. The Hall–Kier alpha value is -2.08. The van der Waals surface area contributed by atoms with Gasteiger partial charge in [-0.05, 0) is 32.9 Å². The van der Waals surface area contributed by atoms with Gasteiger partial charge in [0.15, 0.2) is 5.96 Å². The van der Waals surface area contributed by atoms with Crippen molar-refractivity contribution in [2.75, 3.05) is 26.2 Å². The van der Waals surface area contributed by atoms with Gasteiger partial charge in [0.2, 0.25) is 0 Å². The fourth-order valence-corrected chi connectivity index (χ4v) is 4.30. The monoisotopic (exact) mass is 386 g/mol. The molecular weight excluding hydrogens is 356 g/mol. The van der Waals surface area contributed by atoms with Crippen molar-refractivity contribution in [3.63, 3.8) is 0 Å². The molecule has 2 heterocycles. The third-order valence-corrected chi connectivity index (χ3v) is 5.86. The van der Waals surface area contributed by atoms with Gasteiger partial charge < -0.3 is 15.0 Å². The van der Waals surface area contributed by atoms with Crippen LogP contribution >= 0.6 is 11.3 Å². The van der Waals surface area contributed by atoms with E-state index in [1.807, 2.05) is 30.3 Å². The molecule has 3 rings (SSSR count). The van der Waals surface area contributed by atoms with Gasteiger partial charge in [-0.15, -0.1) is 11.3 Å². The van der Waals surface area contributed by atoms with Crippen molar-refractivity contribution in [2.24, 2.45) is 4.99 Å². The van der Waals surface area contributed by atoms with E-state index >= 15 is 0 Å². The lowest BCUT2D eigenvalue weighted by Crippen LogP contribution is -2.47. The van der Waals surface area contributed by atoms with Crippen LogP contribution < -0.4 is 10.1 Å². The molecule has 1 aromatic carbocycles. The smallest absolute Gasteiger partial charge is 0.193 e. The van der Waals surface area contributed by atoms with Crippen molar-refractivity contribution in [3.05, 3.63) is 45.9 Å². The maximum atomic E-state index is 6.11. The zero-order valence-electron chi connectivity index (χ0n) is 16.6. The molecule has 0 unspecified atom stereocenters. The Balaban J connectivity index is 1.52. The second-order valence-corrected chi connectivity index (χ2v) is 8.13. The number of nitrogens with one attached hydrogen (secondary N) is 1. The molecule has 1 fully saturated rings. The van der Waals surface area contributed by atoms with Crippen molar-refractivity contribution in [2.45, 2.75) is 46.1 Å². The van der Waals surface area contributed by atoms with Gasteiger partial charge in [0.1, 0.15) is 11.9 Å². The van der Waals surface area contributed by atoms with Crippen LogP contribution in [0.4, 0.5) is 0 Å². The Kier molecular flexibility index (Phi) is 7.10. The van der Waals surface area contributed by atoms with Gasteiger partial charge in [-0.25, -0.2) is 4.98 Å². The first-order chi connectivity index (χ1) is 13.2. The molecule has 146 valence electrons. The Morgan fingerprint density at radius 3 is 2.63 bits per heavy atom. The Bertz CT molecular complexity index is 736. The number of para-hydroxylation sites is 1. The number of aryl methyl sites for hydroxylation is 2. The quantitative estimate of drug-likeness (QED) is 0.606. The maximum Gasteiger partial charge on any atom is 0.193 e. The summed E-state index contributed by atoms with van der Waals surface area (Å²) in [7, 11) is 0. The minimum Gasteiger partial charge on any atom is -0.490 e. The molecule has 6 heteroatoms. The van der Waals surface area contributed by atoms with Crippen molar-refractivity contribution < 1.29 is 4.74 Å². The van der Waals surface area contributed by atoms with Gasteiger partial charge in [-0.3, -0.25) is 4.99 Å². The third-order valence-electron chi connectivity index (χ3n) is 4.72. The van der Waals surface area contributed by atoms with Crippen molar-refractivity contribution in [1.29, 1.82) is 0 Å². The number of ether oxygens (including phenoxy) is 1. The molecule has 5 nitrogen and oxygen atoms in total. The number of aromatic nitrogens is 1. The highest BCUT2D eigenvalue weighted by Crippen LogP contribution is 2.19. The highest BCUT2D eigenvalue weighted by molar-refractivity contribution is 7.11. The summed E-state index contributed by atoms with van der Waals surface area (Å²) < 4.78 is 6.11. The zero-order valence-corrected chi connectivity index (χ0v) is 17.4. The SMILES string of the molecule is CCNC(=NCCc1sc(C)nc1C)N1CCC(Oc2ccccc2)CC1. The molecule has 1 aliphatic rings. The molecular formula is C21H30N4OS. The summed E-state index contributed by atoms with van der Waals surface area (Å²) in [5.41, 5.74) is 1.15. The van der Waals surface area contributed by atoms with E-state index in [0.29, 0.717) is 0 Å². The van der Waals surface area contributed by atoms with E-state index in [2.05, 4.69) is 36.0 Å². The summed E-state index contributed by atoms with van der Waals surface area (Å²) >= 11 is 1.79. The van der Waals surface area contributed by atoms with Crippen LogP contribution in [-0.4, -0.2) is 48.1 Å². The van der Waals surface area contributed by atoms with Crippen LogP contribution in [-0.2, 0) is 6.42 Å². The number of guanidine groups is 1. The molecule has 1 saturated heterocycles. The minimum atomic E-state index is 0.286. The predicted molar refractivity (Wildman–Crippen MR) is 113 cm³/mol. The van der Waals surface area contributed by atoms with E-state index in [-0.39, 0.29) is 6.10 Å². The maximum absolute atomic E-state index is 6.11. The lowest BCUT2D eigenvalue weighted by atomic mass is 10.1. The van der Waals surface area contributed by atoms with Crippen LogP contribution in [0.15, 0.2) is 35.3 Å². The summed E-state index contributed by atoms with van der Waals surface area (Å²) in [5, 5.41) is 4.58. The van der Waals surface area contributed by atoms with Gasteiger partial charge >= 0.3 is 0 Å². The number of hydrogen-bond donors (Lipinski definition) is 1. The zero-order chi connectivity index (χ0) is 19.1. The van der Waals surface area contributed by atoms with Crippen LogP contribution in [0.2, 0.25) is 0 Å². The van der Waals surface area contributed by atoms with Crippen LogP contribution in [0, 0.1) is 13.8 Å². The number of aliphatic imine (C=N–C) groups is 1. The Morgan fingerprint density at radius 2 is 2.00 bits per heavy atom. The fourth-order valence-electron chi connectivity index (χ4n) is 3.37. The molecule has 0 atom stereocenters. The van der Waals surface area contributed by atoms with Crippen LogP contribution in [0.25, 0.3) is 0 Å². The first kappa shape index (κ1) is 19.7. The van der Waals surface area contributed by atoms with Crippen LogP contribution in [0.5, 0.6) is 5.75 Å². The predicted octanol–water partition coefficient (Wildman–Crippen LogP) is 3.81. The van der Waals surface area contributed by atoms with Gasteiger partial charge in [0.05, 0.1) is 10.7 Å². The average molecular weight is 387 g/mol. The summed E-state index contributed by atoms with van der Waals surface area (Å²) in [6.45, 7) is 9.91. The summed E-state index contributed by atoms with van der Waals surface area (Å²) in [6.07, 6.45) is 3.29. The van der Waals surface area contributed by atoms with E-state index < -0.39 is 0 Å². The van der Waals surface area contributed by atoms with Crippen molar-refractivity contribution in [3.8, 4) is 5.75 Å². The Labute approximate surface area is 166 Å². The normalized spacial score (nSPS) is 15.8. The van der Waals surface area contributed by atoms with Crippen LogP contribution in [0.1, 0.15) is 35.3 Å². The van der Waals surface area contributed by atoms with E-state index in [1.165, 1.54) is 4.88 Å². The number of rotatable bonds is 6. The largest absolute Gasteiger partial charge is 0.490 e. The molecule has 1 N–H and O–H groups in total. The summed E-state index contributed by atoms with van der Waals surface area (Å²) in [4.78, 5) is 13.1. The van der Waals surface area contributed by atoms with Crippen molar-refractivity contribution >= 4 is 17.3 Å². The molecule has 0 spiro atoms. The number of piperidine rings is 1. The molecule has 0 amide bonds. The lowest BCUT2D eigenvalue weighted by Gasteiger charge is -2.34. The molecule has 0 bridgehead atoms. The molecule has 0 aliphatic carbocycles. The second kappa shape index (κ2) is 9.74. The third kappa shape index (κ3) is 5.70. The van der Waals surface area contributed by atoms with Gasteiger partial charge in [0.25, 0.3) is 0 Å². The molecule has 1 aromatic heterocycles. The second-order valence-electron chi connectivity index (χ2n) is 6.84. The average Bonchev–Trinajstić information content (AvgIpc) is 3.00. The number of benzene rings is 1. The molecule has 0 saturated carbocycles. The standard InChI is InChI=1S/C21H30N4OS/c1-4-22-21(23-13-10-20-16(2)24-17(3)27-20)25-14-11-19(12-15-25)26-18-8-6-5-7-9-18/h5-9,19H,4,10-15H2,1-3H3,(H,22,23). The highest BCUT2D eigenvalue weighted by atomic mass is 32.1. The van der Waals surface area contributed by atoms with Gasteiger partial charge in [-0.2, -0.15) is 0 Å². The molecule has 0 radical (unpaired) electrons. The number of hydrogen-bond acceptors (Lipinski definition) is 4. The summed E-state index contributed by atoms with van der Waals surface area (Å²) in [5.74, 6) is 1.99. The number of thiazole rings is 1. The lowest BCUT2D eigenvalue weighted by molar-refractivity contribution is 0.129. The van der Waals surface area contributed by atoms with E-state index in [9.17, 15) is 0 Å². The van der Waals surface area contributed by atoms with Gasteiger partial charge in [-0.1, -0.05) is 18.2 Å². The molecule has 2 aromatic rings. The minimum absolute atomic E-state index is 0.286. The Morgan fingerprint density at radius 1 is 1.26 bits per heavy atom. The van der Waals surface area contributed by atoms with E-state index in [4.69, 9.17) is 9.73 Å². The first-order valence-electron chi connectivity index (χ1n) is 9.83. The van der Waals surface area contributed by atoms with E-state index in [0.717, 1.165) is 67.9 Å². The molecule has 1 aliphatic heterocycles. The first-order valence-corrected chi connectivity index (χ1v) is 10.6. The topological polar surface area (TPSA) is 49.8 Å². The summed E-state index contributed by atoms with van der Waals surface area (Å²) in [6, 6.07) is 10.1. The highest BCUT2D eigenvalue weighted by Gasteiger charge is 2.22. The van der Waals surface area contributed by atoms with Gasteiger partial charge in [0, 0.05) is 50.3 Å². The van der Waals surface area contributed by atoms with Crippen LogP contribution in [0.3, 0.4) is 0 Å². The number of nitrogens with zero attached hydrogens (tertiary/aromatic N) is 3. The van der Waals surface area contributed by atoms with E-state index in [1.54, 1.807) is 11.3 Å². The van der Waals surface area contributed by atoms with Crippen molar-refractivity contribution in [1.82, 2.24) is 15.2 Å². The molecule has 27 heavy (non-hydrogen) atoms.